The number of nitrogens with zero attached hydrogens (tertiary/aromatic N) is 2. The van der Waals surface area contributed by atoms with Crippen molar-refractivity contribution in [3.05, 3.63) is 53.1 Å². The molecule has 0 bridgehead atoms. The standard InChI is InChI=1S/C21H22ClF2N3O6/c1-33-16-6-10-14(5-11(16)18(30)17(24)20(32)19(31)15(29)7-28)25-8-26-21(10)27-13-3-2-9(23)4-12(13)22/h2-6,8,15,17-20,28-32H,7H2,1H3,(H,25,26,27)/t15-,17-,18?,19+,20+/m1/s1. The number of fused-ring (bicyclic) bond motifs is 1. The lowest BCUT2D eigenvalue weighted by Crippen LogP contribution is -2.46. The quantitative estimate of drug-likeness (QED) is 0.266. The number of benzene rings is 2. The first-order chi connectivity index (χ1) is 15.7. The zero-order valence-electron chi connectivity index (χ0n) is 17.2. The van der Waals surface area contributed by atoms with Gasteiger partial charge in [0.25, 0.3) is 0 Å². The Balaban J connectivity index is 1.98. The fraction of sp³-hybridized carbons (Fsp3) is 0.333. The molecule has 6 N–H and O–H groups in total. The molecule has 178 valence electrons. The van der Waals surface area contributed by atoms with Crippen molar-refractivity contribution in [3.8, 4) is 5.75 Å². The van der Waals surface area contributed by atoms with Crippen LogP contribution in [0, 0.1) is 5.82 Å². The summed E-state index contributed by atoms with van der Waals surface area (Å²) in [5, 5.41) is 52.0. The SMILES string of the molecule is COc1cc2c(Nc3ccc(F)cc3Cl)ncnc2cc1C(O)[C@@H](F)[C@H](O)[C@@H](O)[C@H](O)CO. The number of alkyl halides is 1. The zero-order chi connectivity index (χ0) is 24.3. The van der Waals surface area contributed by atoms with E-state index in [1.54, 1.807) is 0 Å². The van der Waals surface area contributed by atoms with Crippen LogP contribution in [0.4, 0.5) is 20.3 Å². The number of aromatic nitrogens is 2. The first-order valence-corrected chi connectivity index (χ1v) is 10.1. The van der Waals surface area contributed by atoms with E-state index in [1.807, 2.05) is 0 Å². The second-order valence-electron chi connectivity index (χ2n) is 7.20. The smallest absolute Gasteiger partial charge is 0.159 e. The molecule has 5 atom stereocenters. The number of aliphatic hydroxyl groups excluding tert-OH is 5. The molecule has 0 amide bonds. The normalized spacial score (nSPS) is 16.2. The maximum absolute atomic E-state index is 14.8. The highest BCUT2D eigenvalue weighted by molar-refractivity contribution is 6.33. The molecule has 9 nitrogen and oxygen atoms in total. The lowest BCUT2D eigenvalue weighted by molar-refractivity contribution is -0.119. The van der Waals surface area contributed by atoms with Crippen LogP contribution >= 0.6 is 11.6 Å². The summed E-state index contributed by atoms with van der Waals surface area (Å²) in [6.07, 6.45) is -9.25. The van der Waals surface area contributed by atoms with Crippen LogP contribution in [0.2, 0.25) is 5.02 Å². The van der Waals surface area contributed by atoms with Gasteiger partial charge < -0.3 is 35.6 Å². The van der Waals surface area contributed by atoms with E-state index >= 15 is 0 Å². The monoisotopic (exact) mass is 485 g/mol. The van der Waals surface area contributed by atoms with Crippen molar-refractivity contribution >= 4 is 34.0 Å². The fourth-order valence-electron chi connectivity index (χ4n) is 3.21. The highest BCUT2D eigenvalue weighted by Crippen LogP contribution is 2.36. The number of halogens is 3. The van der Waals surface area contributed by atoms with Gasteiger partial charge in [-0.3, -0.25) is 0 Å². The first-order valence-electron chi connectivity index (χ1n) is 9.69. The number of methoxy groups -OCH3 is 1. The van der Waals surface area contributed by atoms with Crippen LogP contribution < -0.4 is 10.1 Å². The molecule has 0 aliphatic heterocycles. The summed E-state index contributed by atoms with van der Waals surface area (Å²) >= 11 is 6.06. The van der Waals surface area contributed by atoms with Crippen molar-refractivity contribution in [2.75, 3.05) is 19.0 Å². The second kappa shape index (κ2) is 10.5. The van der Waals surface area contributed by atoms with Gasteiger partial charge >= 0.3 is 0 Å². The highest BCUT2D eigenvalue weighted by atomic mass is 35.5. The van der Waals surface area contributed by atoms with E-state index in [4.69, 9.17) is 21.4 Å². The molecule has 3 rings (SSSR count). The van der Waals surface area contributed by atoms with Crippen molar-refractivity contribution < 1.29 is 39.1 Å². The van der Waals surface area contributed by atoms with Crippen LogP contribution in [0.1, 0.15) is 11.7 Å². The number of hydrogen-bond acceptors (Lipinski definition) is 9. The van der Waals surface area contributed by atoms with Gasteiger partial charge in [-0.2, -0.15) is 0 Å². The van der Waals surface area contributed by atoms with E-state index in [-0.39, 0.29) is 27.7 Å². The number of aliphatic hydroxyl groups is 5. The molecule has 0 aliphatic carbocycles. The van der Waals surface area contributed by atoms with Crippen molar-refractivity contribution in [2.24, 2.45) is 0 Å². The predicted octanol–water partition coefficient (Wildman–Crippen LogP) is 1.62. The molecule has 0 spiro atoms. The minimum atomic E-state index is -2.44. The number of rotatable bonds is 9. The lowest BCUT2D eigenvalue weighted by atomic mass is 9.95. The van der Waals surface area contributed by atoms with Crippen LogP contribution in [-0.2, 0) is 0 Å². The van der Waals surface area contributed by atoms with Crippen LogP contribution in [0.25, 0.3) is 10.9 Å². The second-order valence-corrected chi connectivity index (χ2v) is 7.61. The van der Waals surface area contributed by atoms with Gasteiger partial charge in [-0.15, -0.1) is 0 Å². The van der Waals surface area contributed by atoms with E-state index in [1.165, 1.54) is 37.7 Å². The molecule has 0 aliphatic rings. The summed E-state index contributed by atoms with van der Waals surface area (Å²) < 4.78 is 33.4. The molecule has 1 heterocycles. The summed E-state index contributed by atoms with van der Waals surface area (Å²) in [4.78, 5) is 8.24. The average molecular weight is 486 g/mol. The van der Waals surface area contributed by atoms with E-state index < -0.39 is 43.0 Å². The maximum Gasteiger partial charge on any atom is 0.159 e. The summed E-state index contributed by atoms with van der Waals surface area (Å²) in [5.74, 6) is -0.228. The third-order valence-electron chi connectivity index (χ3n) is 5.05. The minimum absolute atomic E-state index is 0.0186. The first kappa shape index (κ1) is 25.0. The van der Waals surface area contributed by atoms with E-state index in [0.717, 1.165) is 6.07 Å². The Bertz CT molecular complexity index is 1120. The van der Waals surface area contributed by atoms with Gasteiger partial charge in [0.2, 0.25) is 0 Å². The van der Waals surface area contributed by atoms with Gasteiger partial charge in [0.1, 0.15) is 48.1 Å². The Morgan fingerprint density at radius 3 is 2.45 bits per heavy atom. The van der Waals surface area contributed by atoms with Crippen LogP contribution in [0.15, 0.2) is 36.7 Å². The van der Waals surface area contributed by atoms with Gasteiger partial charge in [-0.05, 0) is 30.3 Å². The van der Waals surface area contributed by atoms with Crippen molar-refractivity contribution in [1.82, 2.24) is 9.97 Å². The predicted molar refractivity (Wildman–Crippen MR) is 116 cm³/mol. The van der Waals surface area contributed by atoms with Gasteiger partial charge in [0, 0.05) is 10.9 Å². The van der Waals surface area contributed by atoms with E-state index in [0.29, 0.717) is 11.1 Å². The fourth-order valence-corrected chi connectivity index (χ4v) is 3.42. The third-order valence-corrected chi connectivity index (χ3v) is 5.36. The maximum atomic E-state index is 14.8. The van der Waals surface area contributed by atoms with E-state index in [9.17, 15) is 29.2 Å². The Morgan fingerprint density at radius 2 is 1.82 bits per heavy atom. The molecular weight excluding hydrogens is 464 g/mol. The summed E-state index contributed by atoms with van der Waals surface area (Å²) in [5.41, 5.74) is 0.537. The Labute approximate surface area is 191 Å². The molecule has 33 heavy (non-hydrogen) atoms. The van der Waals surface area contributed by atoms with Crippen LogP contribution in [0.5, 0.6) is 5.75 Å². The van der Waals surface area contributed by atoms with Crippen LogP contribution in [0.3, 0.4) is 0 Å². The molecule has 12 heteroatoms. The number of nitrogens with one attached hydrogen (secondary N) is 1. The molecular formula is C21H22ClF2N3O6. The van der Waals surface area contributed by atoms with Crippen molar-refractivity contribution in [1.29, 1.82) is 0 Å². The third kappa shape index (κ3) is 5.29. The molecule has 3 aromatic rings. The zero-order valence-corrected chi connectivity index (χ0v) is 18.0. The molecule has 1 aromatic heterocycles. The molecule has 0 saturated heterocycles. The molecule has 0 saturated carbocycles. The van der Waals surface area contributed by atoms with Gasteiger partial charge in [-0.25, -0.2) is 18.7 Å². The lowest BCUT2D eigenvalue weighted by Gasteiger charge is -2.27. The molecule has 2 aromatic carbocycles. The summed E-state index contributed by atoms with van der Waals surface area (Å²) in [7, 11) is 1.28. The van der Waals surface area contributed by atoms with Gasteiger partial charge in [0.15, 0.2) is 6.17 Å². The summed E-state index contributed by atoms with van der Waals surface area (Å²) in [6, 6.07) is 6.48. The van der Waals surface area contributed by atoms with Gasteiger partial charge in [-0.1, -0.05) is 11.6 Å². The Kier molecular flexibility index (Phi) is 7.95. The average Bonchev–Trinajstić information content (AvgIpc) is 2.82. The molecule has 0 fully saturated rings. The number of anilines is 2. The number of hydrogen-bond donors (Lipinski definition) is 6. The highest BCUT2D eigenvalue weighted by Gasteiger charge is 2.37. The van der Waals surface area contributed by atoms with Gasteiger partial charge in [0.05, 0.1) is 29.9 Å². The Hall–Kier alpha value is -2.67. The van der Waals surface area contributed by atoms with Crippen LogP contribution in [-0.4, -0.2) is 73.7 Å². The molecule has 1 unspecified atom stereocenters. The minimum Gasteiger partial charge on any atom is -0.496 e. The molecule has 0 radical (unpaired) electrons. The van der Waals surface area contributed by atoms with Crippen molar-refractivity contribution in [3.63, 3.8) is 0 Å². The Morgan fingerprint density at radius 1 is 1.09 bits per heavy atom. The van der Waals surface area contributed by atoms with E-state index in [2.05, 4.69) is 15.3 Å². The largest absolute Gasteiger partial charge is 0.496 e. The summed E-state index contributed by atoms with van der Waals surface area (Å²) in [6.45, 7) is -0.912. The topological polar surface area (TPSA) is 148 Å². The van der Waals surface area contributed by atoms with Crippen molar-refractivity contribution in [2.45, 2.75) is 30.6 Å². The number of ether oxygens (including phenoxy) is 1.